The van der Waals surface area contributed by atoms with Gasteiger partial charge in [-0.05, 0) is 13.8 Å². The molecular formula is C12H17N3O3S. The number of hydrogen-bond donors (Lipinski definition) is 1. The van der Waals surface area contributed by atoms with Crippen molar-refractivity contribution in [2.45, 2.75) is 19.6 Å². The van der Waals surface area contributed by atoms with Gasteiger partial charge in [-0.2, -0.15) is 0 Å². The van der Waals surface area contributed by atoms with E-state index in [9.17, 15) is 9.59 Å². The van der Waals surface area contributed by atoms with Gasteiger partial charge in [0.1, 0.15) is 5.76 Å². The first-order valence-electron chi connectivity index (χ1n) is 6.12. The summed E-state index contributed by atoms with van der Waals surface area (Å²) in [7, 11) is 0. The molecular weight excluding hydrogens is 266 g/mol. The summed E-state index contributed by atoms with van der Waals surface area (Å²) in [6, 6.07) is 0. The molecule has 2 amide bonds. The number of thioether (sulfide) groups is 1. The Balaban J connectivity index is 1.79. The Hall–Kier alpha value is -1.50. The van der Waals surface area contributed by atoms with Gasteiger partial charge in [0.15, 0.2) is 0 Å². The molecule has 0 spiro atoms. The summed E-state index contributed by atoms with van der Waals surface area (Å²) in [5.74, 6) is 1.79. The van der Waals surface area contributed by atoms with Crippen LogP contribution < -0.4 is 5.32 Å². The number of rotatable bonds is 4. The van der Waals surface area contributed by atoms with Crippen LogP contribution in [0.5, 0.6) is 0 Å². The minimum atomic E-state index is -0.0877. The molecule has 0 atom stereocenters. The number of carbonyl (C=O) groups excluding carboxylic acids is 2. The molecule has 19 heavy (non-hydrogen) atoms. The van der Waals surface area contributed by atoms with Gasteiger partial charge in [0.25, 0.3) is 0 Å². The van der Waals surface area contributed by atoms with E-state index in [1.165, 1.54) is 11.8 Å². The lowest BCUT2D eigenvalue weighted by Gasteiger charge is -2.26. The maximum atomic E-state index is 11.9. The number of carbonyl (C=O) groups is 2. The second kappa shape index (κ2) is 6.10. The number of amides is 2. The Morgan fingerprint density at radius 1 is 1.53 bits per heavy atom. The molecule has 1 aromatic heterocycles. The zero-order chi connectivity index (χ0) is 13.8. The highest BCUT2D eigenvalue weighted by molar-refractivity contribution is 7.99. The standard InChI is InChI=1S/C12H17N3O3S/c1-8-10(9(2)18-14-8)6-19-7-12(17)15-4-3-13-11(16)5-15/h3-7H2,1-2H3,(H,13,16). The van der Waals surface area contributed by atoms with Crippen LogP contribution >= 0.6 is 11.8 Å². The van der Waals surface area contributed by atoms with E-state index in [4.69, 9.17) is 4.52 Å². The van der Waals surface area contributed by atoms with Gasteiger partial charge >= 0.3 is 0 Å². The van der Waals surface area contributed by atoms with Crippen LogP contribution in [0, 0.1) is 13.8 Å². The number of nitrogens with zero attached hydrogens (tertiary/aromatic N) is 2. The lowest BCUT2D eigenvalue weighted by molar-refractivity contribution is -0.136. The largest absolute Gasteiger partial charge is 0.361 e. The first-order valence-corrected chi connectivity index (χ1v) is 7.27. The topological polar surface area (TPSA) is 75.4 Å². The third-order valence-electron chi connectivity index (χ3n) is 3.04. The summed E-state index contributed by atoms with van der Waals surface area (Å²) >= 11 is 1.52. The zero-order valence-electron chi connectivity index (χ0n) is 11.1. The van der Waals surface area contributed by atoms with Crippen LogP contribution in [0.2, 0.25) is 0 Å². The molecule has 0 aliphatic carbocycles. The minimum absolute atomic E-state index is 0.00612. The zero-order valence-corrected chi connectivity index (χ0v) is 11.9. The lowest BCUT2D eigenvalue weighted by atomic mass is 10.2. The number of hydrogen-bond acceptors (Lipinski definition) is 5. The molecule has 1 aliphatic heterocycles. The van der Waals surface area contributed by atoms with Crippen LogP contribution in [0.3, 0.4) is 0 Å². The van der Waals surface area contributed by atoms with Gasteiger partial charge in [0.2, 0.25) is 11.8 Å². The Morgan fingerprint density at radius 2 is 2.32 bits per heavy atom. The Labute approximate surface area is 115 Å². The van der Waals surface area contributed by atoms with E-state index < -0.39 is 0 Å². The second-order valence-corrected chi connectivity index (χ2v) is 5.45. The molecule has 7 heteroatoms. The van der Waals surface area contributed by atoms with Gasteiger partial charge < -0.3 is 14.7 Å². The second-order valence-electron chi connectivity index (χ2n) is 4.46. The molecule has 1 aliphatic rings. The molecule has 104 valence electrons. The molecule has 2 heterocycles. The predicted octanol–water partition coefficient (Wildman–Crippen LogP) is 0.483. The summed E-state index contributed by atoms with van der Waals surface area (Å²) < 4.78 is 5.07. The molecule has 1 saturated heterocycles. The Kier molecular flexibility index (Phi) is 4.47. The fourth-order valence-corrected chi connectivity index (χ4v) is 2.97. The third-order valence-corrected chi connectivity index (χ3v) is 3.99. The van der Waals surface area contributed by atoms with Crippen molar-refractivity contribution in [1.82, 2.24) is 15.4 Å². The van der Waals surface area contributed by atoms with E-state index in [1.807, 2.05) is 13.8 Å². The third kappa shape index (κ3) is 3.50. The number of aryl methyl sites for hydroxylation is 2. The van der Waals surface area contributed by atoms with E-state index in [1.54, 1.807) is 4.90 Å². The van der Waals surface area contributed by atoms with Gasteiger partial charge in [-0.3, -0.25) is 9.59 Å². The van der Waals surface area contributed by atoms with Crippen molar-refractivity contribution in [3.63, 3.8) is 0 Å². The summed E-state index contributed by atoms with van der Waals surface area (Å²) in [5.41, 5.74) is 1.92. The molecule has 1 aromatic rings. The van der Waals surface area contributed by atoms with Crippen molar-refractivity contribution in [2.24, 2.45) is 0 Å². The van der Waals surface area contributed by atoms with Gasteiger partial charge in [-0.1, -0.05) is 5.16 Å². The van der Waals surface area contributed by atoms with Crippen molar-refractivity contribution < 1.29 is 14.1 Å². The van der Waals surface area contributed by atoms with Gasteiger partial charge in [-0.15, -0.1) is 11.8 Å². The van der Waals surface area contributed by atoms with Crippen LogP contribution in [0.4, 0.5) is 0 Å². The SMILES string of the molecule is Cc1noc(C)c1CSCC(=O)N1CCNC(=O)C1. The van der Waals surface area contributed by atoms with E-state index in [0.29, 0.717) is 24.6 Å². The summed E-state index contributed by atoms with van der Waals surface area (Å²) in [6.45, 7) is 5.07. The normalized spacial score (nSPS) is 15.5. The molecule has 0 aromatic carbocycles. The summed E-state index contributed by atoms with van der Waals surface area (Å²) in [4.78, 5) is 24.7. The highest BCUT2D eigenvalue weighted by atomic mass is 32.2. The molecule has 1 N–H and O–H groups in total. The smallest absolute Gasteiger partial charge is 0.239 e. The van der Waals surface area contributed by atoms with Crippen molar-refractivity contribution in [3.05, 3.63) is 17.0 Å². The van der Waals surface area contributed by atoms with Crippen LogP contribution in [-0.4, -0.2) is 47.3 Å². The Bertz CT molecular complexity index is 467. The van der Waals surface area contributed by atoms with Gasteiger partial charge in [-0.25, -0.2) is 0 Å². The molecule has 2 rings (SSSR count). The molecule has 0 radical (unpaired) electrons. The maximum Gasteiger partial charge on any atom is 0.239 e. The van der Waals surface area contributed by atoms with Crippen LogP contribution in [0.25, 0.3) is 0 Å². The minimum Gasteiger partial charge on any atom is -0.361 e. The summed E-state index contributed by atoms with van der Waals surface area (Å²) in [6.07, 6.45) is 0. The van der Waals surface area contributed by atoms with E-state index >= 15 is 0 Å². The van der Waals surface area contributed by atoms with Crippen molar-refractivity contribution in [1.29, 1.82) is 0 Å². The van der Waals surface area contributed by atoms with E-state index in [-0.39, 0.29) is 18.4 Å². The first-order chi connectivity index (χ1) is 9.08. The average Bonchev–Trinajstić information content (AvgIpc) is 2.70. The van der Waals surface area contributed by atoms with Gasteiger partial charge in [0.05, 0.1) is 18.0 Å². The first kappa shape index (κ1) is 13.9. The predicted molar refractivity (Wildman–Crippen MR) is 71.7 cm³/mol. The quantitative estimate of drug-likeness (QED) is 0.870. The summed E-state index contributed by atoms with van der Waals surface area (Å²) in [5, 5.41) is 6.58. The monoisotopic (exact) mass is 283 g/mol. The van der Waals surface area contributed by atoms with E-state index in [0.717, 1.165) is 17.0 Å². The maximum absolute atomic E-state index is 11.9. The molecule has 0 saturated carbocycles. The fourth-order valence-electron chi connectivity index (χ4n) is 1.89. The Morgan fingerprint density at radius 3 is 2.95 bits per heavy atom. The van der Waals surface area contributed by atoms with Crippen molar-refractivity contribution >= 4 is 23.6 Å². The van der Waals surface area contributed by atoms with Crippen molar-refractivity contribution in [2.75, 3.05) is 25.4 Å². The molecule has 0 bridgehead atoms. The number of piperazine rings is 1. The van der Waals surface area contributed by atoms with Crippen LogP contribution in [-0.2, 0) is 15.3 Å². The van der Waals surface area contributed by atoms with Gasteiger partial charge in [0, 0.05) is 24.4 Å². The molecule has 0 unspecified atom stereocenters. The van der Waals surface area contributed by atoms with Crippen LogP contribution in [0.15, 0.2) is 4.52 Å². The number of aromatic nitrogens is 1. The number of nitrogens with one attached hydrogen (secondary N) is 1. The van der Waals surface area contributed by atoms with Crippen LogP contribution in [0.1, 0.15) is 17.0 Å². The highest BCUT2D eigenvalue weighted by Crippen LogP contribution is 2.19. The average molecular weight is 283 g/mol. The lowest BCUT2D eigenvalue weighted by Crippen LogP contribution is -2.50. The van der Waals surface area contributed by atoms with Crippen molar-refractivity contribution in [3.8, 4) is 0 Å². The molecule has 6 nitrogen and oxygen atoms in total. The fraction of sp³-hybridized carbons (Fsp3) is 0.583. The molecule has 1 fully saturated rings. The van der Waals surface area contributed by atoms with E-state index in [2.05, 4.69) is 10.5 Å². The highest BCUT2D eigenvalue weighted by Gasteiger charge is 2.21.